The van der Waals surface area contributed by atoms with Crippen LogP contribution in [-0.4, -0.2) is 23.1 Å². The van der Waals surface area contributed by atoms with Crippen molar-refractivity contribution >= 4 is 0 Å². The van der Waals surface area contributed by atoms with Gasteiger partial charge in [-0.3, -0.25) is 0 Å². The number of terminal acetylenes is 1. The van der Waals surface area contributed by atoms with Gasteiger partial charge in [-0.25, -0.2) is 4.98 Å². The van der Waals surface area contributed by atoms with E-state index in [1.807, 2.05) is 6.20 Å². The largest absolute Gasteiger partial charge is 0.349 e. The lowest BCUT2D eigenvalue weighted by atomic mass is 10.3. The number of hydrogen-bond acceptors (Lipinski definition) is 2. The zero-order chi connectivity index (χ0) is 8.65. The molecule has 2 N–H and O–H groups in total. The Labute approximate surface area is 72.6 Å². The van der Waals surface area contributed by atoms with Gasteiger partial charge >= 0.3 is 0 Å². The van der Waals surface area contributed by atoms with Crippen molar-refractivity contribution in [3.63, 3.8) is 0 Å². The topological polar surface area (TPSA) is 40.7 Å². The summed E-state index contributed by atoms with van der Waals surface area (Å²) in [5.41, 5.74) is 0. The van der Waals surface area contributed by atoms with Gasteiger partial charge in [-0.15, -0.1) is 6.42 Å². The van der Waals surface area contributed by atoms with Gasteiger partial charge in [0.1, 0.15) is 5.82 Å². The summed E-state index contributed by atoms with van der Waals surface area (Å²) in [7, 11) is 0. The number of aryl methyl sites for hydroxylation is 1. The van der Waals surface area contributed by atoms with Crippen LogP contribution in [0.3, 0.4) is 0 Å². The number of aromatic nitrogens is 2. The first-order valence-corrected chi connectivity index (χ1v) is 4.06. The van der Waals surface area contributed by atoms with Crippen LogP contribution in [0, 0.1) is 12.3 Å². The van der Waals surface area contributed by atoms with Gasteiger partial charge in [-0.05, 0) is 13.0 Å². The van der Waals surface area contributed by atoms with Gasteiger partial charge < -0.3 is 10.3 Å². The minimum atomic E-state index is 0.651. The first-order chi connectivity index (χ1) is 5.93. The maximum atomic E-state index is 5.07. The van der Waals surface area contributed by atoms with Gasteiger partial charge in [0.15, 0.2) is 0 Å². The third kappa shape index (κ3) is 3.22. The van der Waals surface area contributed by atoms with Crippen molar-refractivity contribution in [2.75, 3.05) is 13.1 Å². The Morgan fingerprint density at radius 1 is 1.67 bits per heavy atom. The van der Waals surface area contributed by atoms with Crippen molar-refractivity contribution in [2.45, 2.75) is 12.8 Å². The highest BCUT2D eigenvalue weighted by Crippen LogP contribution is 1.92. The van der Waals surface area contributed by atoms with E-state index in [-0.39, 0.29) is 0 Å². The summed E-state index contributed by atoms with van der Waals surface area (Å²) in [5.74, 6) is 3.57. The number of rotatable bonds is 5. The SMILES string of the molecule is C#CCNCCCc1ncc[nH]1. The van der Waals surface area contributed by atoms with E-state index in [4.69, 9.17) is 6.42 Å². The number of hydrogen-bond donors (Lipinski definition) is 2. The van der Waals surface area contributed by atoms with Crippen LogP contribution in [0.2, 0.25) is 0 Å². The normalized spacial score (nSPS) is 9.58. The summed E-state index contributed by atoms with van der Waals surface area (Å²) in [6, 6.07) is 0. The van der Waals surface area contributed by atoms with Crippen LogP contribution in [-0.2, 0) is 6.42 Å². The van der Waals surface area contributed by atoms with E-state index in [2.05, 4.69) is 21.2 Å². The Morgan fingerprint density at radius 3 is 3.25 bits per heavy atom. The smallest absolute Gasteiger partial charge is 0.106 e. The summed E-state index contributed by atoms with van der Waals surface area (Å²) in [6.45, 7) is 1.60. The molecule has 0 saturated heterocycles. The molecule has 0 aliphatic heterocycles. The summed E-state index contributed by atoms with van der Waals surface area (Å²) < 4.78 is 0. The fourth-order valence-electron chi connectivity index (χ4n) is 0.976. The average molecular weight is 163 g/mol. The van der Waals surface area contributed by atoms with Crippen LogP contribution >= 0.6 is 0 Å². The van der Waals surface area contributed by atoms with Gasteiger partial charge in [0, 0.05) is 18.8 Å². The molecule has 0 atom stereocenters. The molecular formula is C9H13N3. The predicted molar refractivity (Wildman–Crippen MR) is 48.6 cm³/mol. The van der Waals surface area contributed by atoms with Gasteiger partial charge in [0.2, 0.25) is 0 Å². The molecule has 0 saturated carbocycles. The second-order valence-electron chi connectivity index (χ2n) is 2.52. The Morgan fingerprint density at radius 2 is 2.58 bits per heavy atom. The van der Waals surface area contributed by atoms with Gasteiger partial charge in [0.25, 0.3) is 0 Å². The average Bonchev–Trinajstić information content (AvgIpc) is 2.57. The third-order valence-corrected chi connectivity index (χ3v) is 1.55. The number of aromatic amines is 1. The molecule has 12 heavy (non-hydrogen) atoms. The van der Waals surface area contributed by atoms with Crippen molar-refractivity contribution in [2.24, 2.45) is 0 Å². The lowest BCUT2D eigenvalue weighted by molar-refractivity contribution is 0.685. The number of imidazole rings is 1. The minimum absolute atomic E-state index is 0.651. The summed E-state index contributed by atoms with van der Waals surface area (Å²) in [6.07, 6.45) is 10.7. The molecule has 1 heterocycles. The molecule has 1 aromatic rings. The molecule has 3 heteroatoms. The molecular weight excluding hydrogens is 150 g/mol. The second kappa shape index (κ2) is 5.39. The summed E-state index contributed by atoms with van der Waals surface area (Å²) in [5, 5.41) is 3.12. The Hall–Kier alpha value is -1.27. The molecule has 0 bridgehead atoms. The summed E-state index contributed by atoms with van der Waals surface area (Å²) >= 11 is 0. The van der Waals surface area contributed by atoms with Gasteiger partial charge in [0.05, 0.1) is 6.54 Å². The van der Waals surface area contributed by atoms with Crippen molar-refractivity contribution in [3.8, 4) is 12.3 Å². The number of H-pyrrole nitrogens is 1. The molecule has 3 nitrogen and oxygen atoms in total. The highest BCUT2D eigenvalue weighted by Gasteiger charge is 1.92. The molecule has 0 unspecified atom stereocenters. The molecule has 1 aromatic heterocycles. The first kappa shape index (κ1) is 8.82. The lowest BCUT2D eigenvalue weighted by Gasteiger charge is -1.98. The van der Waals surface area contributed by atoms with Crippen LogP contribution in [0.1, 0.15) is 12.2 Å². The predicted octanol–water partition coefficient (Wildman–Crippen LogP) is 0.565. The summed E-state index contributed by atoms with van der Waals surface area (Å²) in [4.78, 5) is 7.16. The standard InChI is InChI=1S/C9H13N3/c1-2-5-10-6-3-4-9-11-7-8-12-9/h1,7-8,10H,3-6H2,(H,11,12). The maximum Gasteiger partial charge on any atom is 0.106 e. The molecule has 0 fully saturated rings. The van der Waals surface area contributed by atoms with Crippen molar-refractivity contribution < 1.29 is 0 Å². The zero-order valence-corrected chi connectivity index (χ0v) is 7.01. The van der Waals surface area contributed by atoms with E-state index < -0.39 is 0 Å². The van der Waals surface area contributed by atoms with Crippen LogP contribution in [0.4, 0.5) is 0 Å². The van der Waals surface area contributed by atoms with Gasteiger partial charge in [-0.1, -0.05) is 5.92 Å². The highest BCUT2D eigenvalue weighted by molar-refractivity contribution is 4.88. The quantitative estimate of drug-likeness (QED) is 0.492. The van der Waals surface area contributed by atoms with Crippen LogP contribution < -0.4 is 5.32 Å². The molecule has 64 valence electrons. The van der Waals surface area contributed by atoms with E-state index in [0.29, 0.717) is 6.54 Å². The Kier molecular flexibility index (Phi) is 3.96. The molecule has 0 aromatic carbocycles. The van der Waals surface area contributed by atoms with Crippen LogP contribution in [0.25, 0.3) is 0 Å². The van der Waals surface area contributed by atoms with Crippen LogP contribution in [0.15, 0.2) is 12.4 Å². The van der Waals surface area contributed by atoms with Crippen molar-refractivity contribution in [3.05, 3.63) is 18.2 Å². The van der Waals surface area contributed by atoms with E-state index in [9.17, 15) is 0 Å². The fraction of sp³-hybridized carbons (Fsp3) is 0.444. The lowest BCUT2D eigenvalue weighted by Crippen LogP contribution is -2.15. The molecule has 0 amide bonds. The van der Waals surface area contributed by atoms with E-state index >= 15 is 0 Å². The van der Waals surface area contributed by atoms with Crippen molar-refractivity contribution in [1.82, 2.24) is 15.3 Å². The highest BCUT2D eigenvalue weighted by atomic mass is 14.9. The van der Waals surface area contributed by atoms with E-state index in [0.717, 1.165) is 25.2 Å². The van der Waals surface area contributed by atoms with Crippen molar-refractivity contribution in [1.29, 1.82) is 0 Å². The maximum absolute atomic E-state index is 5.07. The van der Waals surface area contributed by atoms with Gasteiger partial charge in [-0.2, -0.15) is 0 Å². The Balaban J connectivity index is 2.01. The molecule has 1 rings (SSSR count). The number of nitrogens with one attached hydrogen (secondary N) is 2. The first-order valence-electron chi connectivity index (χ1n) is 4.06. The Bertz CT molecular complexity index is 233. The van der Waals surface area contributed by atoms with E-state index in [1.165, 1.54) is 0 Å². The molecule has 0 aliphatic carbocycles. The fourth-order valence-corrected chi connectivity index (χ4v) is 0.976. The van der Waals surface area contributed by atoms with Crippen LogP contribution in [0.5, 0.6) is 0 Å². The molecule has 0 aliphatic rings. The molecule has 0 radical (unpaired) electrons. The second-order valence-corrected chi connectivity index (χ2v) is 2.52. The zero-order valence-electron chi connectivity index (χ0n) is 7.01. The monoisotopic (exact) mass is 163 g/mol. The third-order valence-electron chi connectivity index (χ3n) is 1.55. The number of nitrogens with zero attached hydrogens (tertiary/aromatic N) is 1. The van der Waals surface area contributed by atoms with E-state index in [1.54, 1.807) is 6.20 Å². The minimum Gasteiger partial charge on any atom is -0.349 e. The molecule has 0 spiro atoms.